The van der Waals surface area contributed by atoms with E-state index in [9.17, 15) is 0 Å². The molecule has 5 rings (SSSR count). The molecule has 0 aliphatic heterocycles. The maximum absolute atomic E-state index is 6.98. The summed E-state index contributed by atoms with van der Waals surface area (Å²) in [5, 5.41) is 0. The minimum absolute atomic E-state index is 0.0138. The summed E-state index contributed by atoms with van der Waals surface area (Å²) in [4.78, 5) is 0. The quantitative estimate of drug-likeness (QED) is 0.360. The molecule has 2 fully saturated rings. The molecule has 168 valence electrons. The van der Waals surface area contributed by atoms with Gasteiger partial charge in [0.1, 0.15) is 5.75 Å². The van der Waals surface area contributed by atoms with Gasteiger partial charge in [0.2, 0.25) is 8.32 Å². The van der Waals surface area contributed by atoms with Crippen molar-refractivity contribution in [3.63, 3.8) is 0 Å². The summed E-state index contributed by atoms with van der Waals surface area (Å²) >= 11 is 0. The highest BCUT2D eigenvalue weighted by molar-refractivity contribution is 6.70. The van der Waals surface area contributed by atoms with Crippen molar-refractivity contribution in [1.82, 2.24) is 0 Å². The normalized spacial score (nSPS) is 41.2. The van der Waals surface area contributed by atoms with Crippen molar-refractivity contribution in [2.45, 2.75) is 77.4 Å². The van der Waals surface area contributed by atoms with Crippen LogP contribution in [0, 0.1) is 28.6 Å². The van der Waals surface area contributed by atoms with Crippen LogP contribution in [0.1, 0.15) is 57.9 Å². The standard InChI is InChI=1S/C28H40O2Si/c1-20-9-14-23-25(24(19-20)30-31(4,5)6)28(21-10-12-22(29-3)13-11-21)18-17-27(23)16-8-7-15-26(27,28)2/h10-13,17-20,23,25H,7-9,14-16H2,1-6H3/t20-,23-,25-,26-,27-,28-/m0/s1. The zero-order valence-electron chi connectivity index (χ0n) is 20.3. The van der Waals surface area contributed by atoms with E-state index in [1.54, 1.807) is 7.11 Å². The summed E-state index contributed by atoms with van der Waals surface area (Å²) in [7, 11) is 0.0407. The second-order valence-corrected chi connectivity index (χ2v) is 16.4. The van der Waals surface area contributed by atoms with Gasteiger partial charge in [0.15, 0.2) is 0 Å². The third kappa shape index (κ3) is 2.81. The van der Waals surface area contributed by atoms with Crippen molar-refractivity contribution in [2.75, 3.05) is 7.11 Å². The van der Waals surface area contributed by atoms with Crippen LogP contribution >= 0.6 is 0 Å². The molecule has 1 aromatic carbocycles. The van der Waals surface area contributed by atoms with E-state index in [-0.39, 0.29) is 10.8 Å². The van der Waals surface area contributed by atoms with Gasteiger partial charge < -0.3 is 9.16 Å². The monoisotopic (exact) mass is 436 g/mol. The third-order valence-electron chi connectivity index (χ3n) is 9.34. The number of rotatable bonds is 4. The maximum atomic E-state index is 6.98. The molecule has 3 heteroatoms. The smallest absolute Gasteiger partial charge is 0.241 e. The number of benzene rings is 1. The first-order chi connectivity index (χ1) is 14.7. The van der Waals surface area contributed by atoms with Gasteiger partial charge in [-0.2, -0.15) is 0 Å². The van der Waals surface area contributed by atoms with E-state index in [1.807, 2.05) is 0 Å². The Morgan fingerprint density at radius 2 is 1.68 bits per heavy atom. The van der Waals surface area contributed by atoms with E-state index >= 15 is 0 Å². The summed E-state index contributed by atoms with van der Waals surface area (Å²) in [5.74, 6) is 3.99. The van der Waals surface area contributed by atoms with Crippen molar-refractivity contribution in [2.24, 2.45) is 28.6 Å². The van der Waals surface area contributed by atoms with Crippen LogP contribution in [0.5, 0.6) is 5.75 Å². The zero-order chi connectivity index (χ0) is 22.1. The highest BCUT2D eigenvalue weighted by atomic mass is 28.4. The van der Waals surface area contributed by atoms with Crippen molar-refractivity contribution >= 4 is 8.32 Å². The van der Waals surface area contributed by atoms with Gasteiger partial charge in [0, 0.05) is 11.3 Å². The van der Waals surface area contributed by atoms with Crippen LogP contribution in [-0.2, 0) is 9.84 Å². The SMILES string of the molecule is COc1ccc([C@]23C=C[C@@]4(CCCC[C@]24C)[C@H]2CC[C@H](C)C=C(O[Si](C)(C)C)[C@H]23)cc1. The molecule has 0 radical (unpaired) electrons. The molecular weight excluding hydrogens is 396 g/mol. The van der Waals surface area contributed by atoms with Crippen LogP contribution in [0.25, 0.3) is 0 Å². The lowest BCUT2D eigenvalue weighted by molar-refractivity contribution is 0.0303. The first-order valence-corrected chi connectivity index (χ1v) is 15.8. The highest BCUT2D eigenvalue weighted by Crippen LogP contribution is 2.80. The van der Waals surface area contributed by atoms with E-state index in [4.69, 9.17) is 9.16 Å². The molecular formula is C28H40O2Si. The summed E-state index contributed by atoms with van der Waals surface area (Å²) in [6.45, 7) is 12.0. The van der Waals surface area contributed by atoms with Gasteiger partial charge in [0.05, 0.1) is 12.9 Å². The minimum atomic E-state index is -1.72. The number of methoxy groups -OCH3 is 1. The Bertz CT molecular complexity index is 910. The minimum Gasteiger partial charge on any atom is -0.547 e. The molecule has 0 aromatic heterocycles. The fourth-order valence-electron chi connectivity index (χ4n) is 8.18. The summed E-state index contributed by atoms with van der Waals surface area (Å²) in [5.41, 5.74) is 2.04. The number of allylic oxidation sites excluding steroid dienone is 4. The molecule has 2 bridgehead atoms. The number of hydrogen-bond acceptors (Lipinski definition) is 2. The fourth-order valence-corrected chi connectivity index (χ4v) is 9.08. The molecule has 6 atom stereocenters. The van der Waals surface area contributed by atoms with E-state index in [2.05, 4.69) is 76.0 Å². The highest BCUT2D eigenvalue weighted by Gasteiger charge is 2.76. The van der Waals surface area contributed by atoms with Crippen LogP contribution in [0.3, 0.4) is 0 Å². The Morgan fingerprint density at radius 3 is 2.35 bits per heavy atom. The van der Waals surface area contributed by atoms with Crippen molar-refractivity contribution in [3.8, 4) is 5.75 Å². The molecule has 1 aromatic rings. The second kappa shape index (κ2) is 7.01. The summed E-state index contributed by atoms with van der Waals surface area (Å²) in [6, 6.07) is 9.03. The van der Waals surface area contributed by atoms with Crippen LogP contribution in [0.15, 0.2) is 48.3 Å². The van der Waals surface area contributed by atoms with Crippen LogP contribution < -0.4 is 4.74 Å². The summed E-state index contributed by atoms with van der Waals surface area (Å²) < 4.78 is 12.5. The number of hydrogen-bond donors (Lipinski definition) is 0. The topological polar surface area (TPSA) is 18.5 Å². The van der Waals surface area contributed by atoms with Crippen LogP contribution in [-0.4, -0.2) is 15.4 Å². The lowest BCUT2D eigenvalue weighted by atomic mass is 9.52. The number of ether oxygens (including phenoxy) is 1. The first-order valence-electron chi connectivity index (χ1n) is 12.4. The fraction of sp³-hybridized carbons (Fsp3) is 0.643. The average Bonchev–Trinajstić information content (AvgIpc) is 3.02. The van der Waals surface area contributed by atoms with Gasteiger partial charge in [-0.25, -0.2) is 0 Å². The van der Waals surface area contributed by atoms with Gasteiger partial charge in [-0.15, -0.1) is 0 Å². The zero-order valence-corrected chi connectivity index (χ0v) is 21.3. The van der Waals surface area contributed by atoms with E-state index < -0.39 is 8.32 Å². The molecule has 4 aliphatic carbocycles. The van der Waals surface area contributed by atoms with Crippen molar-refractivity contribution in [3.05, 3.63) is 53.8 Å². The Balaban J connectivity index is 1.74. The van der Waals surface area contributed by atoms with Gasteiger partial charge >= 0.3 is 0 Å². The number of fused-ring (bicyclic) bond motifs is 2. The molecule has 0 N–H and O–H groups in total. The first kappa shape index (κ1) is 21.4. The van der Waals surface area contributed by atoms with Crippen molar-refractivity contribution in [1.29, 1.82) is 0 Å². The molecule has 0 saturated heterocycles. The largest absolute Gasteiger partial charge is 0.547 e. The van der Waals surface area contributed by atoms with Gasteiger partial charge in [0.25, 0.3) is 0 Å². The van der Waals surface area contributed by atoms with Gasteiger partial charge in [-0.3, -0.25) is 0 Å². The lowest BCUT2D eigenvalue weighted by Crippen LogP contribution is -2.47. The molecule has 0 spiro atoms. The molecule has 0 heterocycles. The second-order valence-electron chi connectivity index (χ2n) is 11.9. The Kier molecular flexibility index (Phi) is 4.83. The predicted octanol–water partition coefficient (Wildman–Crippen LogP) is 7.48. The Hall–Kier alpha value is -1.48. The Morgan fingerprint density at radius 1 is 0.968 bits per heavy atom. The molecule has 4 aliphatic rings. The lowest BCUT2D eigenvalue weighted by Gasteiger charge is -2.51. The molecule has 31 heavy (non-hydrogen) atoms. The van der Waals surface area contributed by atoms with Crippen molar-refractivity contribution < 1.29 is 9.16 Å². The third-order valence-corrected chi connectivity index (χ3v) is 10.2. The van der Waals surface area contributed by atoms with Gasteiger partial charge in [-0.1, -0.05) is 51.0 Å². The van der Waals surface area contributed by atoms with E-state index in [0.717, 1.165) is 5.75 Å². The average molecular weight is 437 g/mol. The molecule has 0 amide bonds. The molecule has 2 nitrogen and oxygen atoms in total. The van der Waals surface area contributed by atoms with E-state index in [1.165, 1.54) is 49.8 Å². The Labute approximate surface area is 190 Å². The molecule has 2 saturated carbocycles. The van der Waals surface area contributed by atoms with Crippen LogP contribution in [0.4, 0.5) is 0 Å². The summed E-state index contributed by atoms with van der Waals surface area (Å²) in [6.07, 6.45) is 15.8. The van der Waals surface area contributed by atoms with Crippen LogP contribution in [0.2, 0.25) is 19.6 Å². The predicted molar refractivity (Wildman–Crippen MR) is 131 cm³/mol. The van der Waals surface area contributed by atoms with Gasteiger partial charge in [-0.05, 0) is 91.8 Å². The maximum Gasteiger partial charge on any atom is 0.241 e. The molecule has 0 unspecified atom stereocenters. The van der Waals surface area contributed by atoms with E-state index in [0.29, 0.717) is 23.2 Å².